The van der Waals surface area contributed by atoms with E-state index in [9.17, 15) is 0 Å². The fourth-order valence-electron chi connectivity index (χ4n) is 1.05. The molecule has 0 aliphatic carbocycles. The van der Waals surface area contributed by atoms with Gasteiger partial charge in [0.25, 0.3) is 0 Å². The van der Waals surface area contributed by atoms with Crippen LogP contribution in [0.2, 0.25) is 0 Å². The smallest absolute Gasteiger partial charge is 0.174 e. The highest BCUT2D eigenvalue weighted by atomic mass is 79.9. The average Bonchev–Trinajstić information content (AvgIpc) is 2.16. The fraction of sp³-hybridized carbons (Fsp3) is 0.333. The molecule has 0 atom stereocenters. The van der Waals surface area contributed by atoms with Gasteiger partial charge in [-0.25, -0.2) is 0 Å². The first-order chi connectivity index (χ1) is 6.22. The van der Waals surface area contributed by atoms with Crippen LogP contribution in [0.4, 0.5) is 0 Å². The highest BCUT2D eigenvalue weighted by molar-refractivity contribution is 9.10. The normalized spacial score (nSPS) is 9.85. The van der Waals surface area contributed by atoms with E-state index >= 15 is 0 Å². The standard InChI is InChI=1S/C9H10BrClO2/c1-12-8-4-6(5-11)3-7(10)9(8)13-2/h3-4H,5H2,1-2H3. The van der Waals surface area contributed by atoms with Gasteiger partial charge in [-0.05, 0) is 33.6 Å². The molecule has 0 saturated heterocycles. The Bertz CT molecular complexity index is 302. The van der Waals surface area contributed by atoms with Crippen molar-refractivity contribution in [3.8, 4) is 11.5 Å². The molecule has 2 nitrogen and oxygen atoms in total. The Morgan fingerprint density at radius 3 is 2.46 bits per heavy atom. The molecule has 0 aromatic heterocycles. The quantitative estimate of drug-likeness (QED) is 0.781. The Hall–Kier alpha value is -0.410. The molecule has 72 valence electrons. The molecular formula is C9H10BrClO2. The summed E-state index contributed by atoms with van der Waals surface area (Å²) >= 11 is 9.08. The molecule has 0 saturated carbocycles. The first kappa shape index (κ1) is 10.7. The summed E-state index contributed by atoms with van der Waals surface area (Å²) in [4.78, 5) is 0. The number of methoxy groups -OCH3 is 2. The van der Waals surface area contributed by atoms with Gasteiger partial charge in [0.15, 0.2) is 11.5 Å². The highest BCUT2D eigenvalue weighted by Crippen LogP contribution is 2.36. The van der Waals surface area contributed by atoms with Gasteiger partial charge in [0.2, 0.25) is 0 Å². The molecule has 0 bridgehead atoms. The van der Waals surface area contributed by atoms with Gasteiger partial charge >= 0.3 is 0 Å². The number of rotatable bonds is 3. The van der Waals surface area contributed by atoms with E-state index in [1.165, 1.54) is 0 Å². The molecule has 0 fully saturated rings. The molecule has 0 amide bonds. The molecule has 0 aliphatic heterocycles. The molecule has 1 aromatic carbocycles. The lowest BCUT2D eigenvalue weighted by Crippen LogP contribution is -1.93. The second-order valence-corrected chi connectivity index (χ2v) is 3.57. The summed E-state index contributed by atoms with van der Waals surface area (Å²) in [7, 11) is 3.20. The second kappa shape index (κ2) is 4.72. The van der Waals surface area contributed by atoms with Gasteiger partial charge in [-0.3, -0.25) is 0 Å². The van der Waals surface area contributed by atoms with Crippen LogP contribution in [0.15, 0.2) is 16.6 Å². The molecule has 0 spiro atoms. The van der Waals surface area contributed by atoms with Gasteiger partial charge in [-0.15, -0.1) is 11.6 Å². The minimum Gasteiger partial charge on any atom is -0.493 e. The molecule has 0 heterocycles. The predicted octanol–water partition coefficient (Wildman–Crippen LogP) is 3.21. The summed E-state index contributed by atoms with van der Waals surface area (Å²) < 4.78 is 11.1. The van der Waals surface area contributed by atoms with Crippen molar-refractivity contribution in [3.05, 3.63) is 22.2 Å². The third-order valence-electron chi connectivity index (χ3n) is 1.65. The van der Waals surface area contributed by atoms with Crippen molar-refractivity contribution in [2.45, 2.75) is 5.88 Å². The summed E-state index contributed by atoms with van der Waals surface area (Å²) in [5.41, 5.74) is 0.992. The molecule has 0 N–H and O–H groups in total. The van der Waals surface area contributed by atoms with Gasteiger partial charge in [-0.1, -0.05) is 0 Å². The van der Waals surface area contributed by atoms with Crippen molar-refractivity contribution in [3.63, 3.8) is 0 Å². The lowest BCUT2D eigenvalue weighted by atomic mass is 10.2. The molecule has 0 radical (unpaired) electrons. The third-order valence-corrected chi connectivity index (χ3v) is 2.55. The SMILES string of the molecule is COc1cc(CCl)cc(Br)c1OC. The van der Waals surface area contributed by atoms with Gasteiger partial charge < -0.3 is 9.47 Å². The van der Waals surface area contributed by atoms with Crippen molar-refractivity contribution in [2.24, 2.45) is 0 Å². The Labute approximate surface area is 90.9 Å². The number of alkyl halides is 1. The first-order valence-corrected chi connectivity index (χ1v) is 5.02. The topological polar surface area (TPSA) is 18.5 Å². The van der Waals surface area contributed by atoms with Crippen molar-refractivity contribution in [1.82, 2.24) is 0 Å². The van der Waals surface area contributed by atoms with Gasteiger partial charge in [0, 0.05) is 5.88 Å². The van der Waals surface area contributed by atoms with Gasteiger partial charge in [0.05, 0.1) is 18.7 Å². The van der Waals surface area contributed by atoms with Gasteiger partial charge in [-0.2, -0.15) is 0 Å². The monoisotopic (exact) mass is 264 g/mol. The van der Waals surface area contributed by atoms with E-state index in [1.54, 1.807) is 14.2 Å². The van der Waals surface area contributed by atoms with E-state index in [0.29, 0.717) is 17.4 Å². The molecule has 4 heteroatoms. The number of ether oxygens (including phenoxy) is 2. The van der Waals surface area contributed by atoms with Crippen LogP contribution in [0.5, 0.6) is 11.5 Å². The number of hydrogen-bond donors (Lipinski definition) is 0. The van der Waals surface area contributed by atoms with Crippen LogP contribution in [0.1, 0.15) is 5.56 Å². The van der Waals surface area contributed by atoms with Crippen molar-refractivity contribution in [1.29, 1.82) is 0 Å². The third kappa shape index (κ3) is 2.29. The Balaban J connectivity index is 3.20. The maximum atomic E-state index is 5.71. The van der Waals surface area contributed by atoms with Crippen molar-refractivity contribution >= 4 is 27.5 Å². The summed E-state index contributed by atoms with van der Waals surface area (Å²) in [5.74, 6) is 1.84. The average molecular weight is 266 g/mol. The molecule has 1 aromatic rings. The van der Waals surface area contributed by atoms with Crippen LogP contribution in [0.25, 0.3) is 0 Å². The van der Waals surface area contributed by atoms with E-state index in [1.807, 2.05) is 12.1 Å². The van der Waals surface area contributed by atoms with Gasteiger partial charge in [0.1, 0.15) is 0 Å². The Morgan fingerprint density at radius 2 is 2.00 bits per heavy atom. The fourth-order valence-corrected chi connectivity index (χ4v) is 1.85. The van der Waals surface area contributed by atoms with Crippen LogP contribution >= 0.6 is 27.5 Å². The maximum absolute atomic E-state index is 5.71. The van der Waals surface area contributed by atoms with E-state index in [2.05, 4.69) is 15.9 Å². The van der Waals surface area contributed by atoms with Crippen LogP contribution in [0, 0.1) is 0 Å². The first-order valence-electron chi connectivity index (χ1n) is 3.69. The summed E-state index contributed by atoms with van der Waals surface area (Å²) in [6, 6.07) is 3.77. The second-order valence-electron chi connectivity index (χ2n) is 2.45. The largest absolute Gasteiger partial charge is 0.493 e. The highest BCUT2D eigenvalue weighted by Gasteiger charge is 2.09. The zero-order valence-corrected chi connectivity index (χ0v) is 9.78. The number of hydrogen-bond acceptors (Lipinski definition) is 2. The lowest BCUT2D eigenvalue weighted by molar-refractivity contribution is 0.353. The van der Waals surface area contributed by atoms with E-state index < -0.39 is 0 Å². The number of benzene rings is 1. The minimum absolute atomic E-state index is 0.457. The molecule has 1 rings (SSSR count). The molecule has 0 aliphatic rings. The molecular weight excluding hydrogens is 255 g/mol. The van der Waals surface area contributed by atoms with Crippen LogP contribution in [-0.2, 0) is 5.88 Å². The Morgan fingerprint density at radius 1 is 1.31 bits per heavy atom. The summed E-state index contributed by atoms with van der Waals surface area (Å²) in [6.07, 6.45) is 0. The predicted molar refractivity (Wildman–Crippen MR) is 56.8 cm³/mol. The maximum Gasteiger partial charge on any atom is 0.174 e. The lowest BCUT2D eigenvalue weighted by Gasteiger charge is -2.10. The summed E-state index contributed by atoms with van der Waals surface area (Å²) in [5, 5.41) is 0. The van der Waals surface area contributed by atoms with Crippen molar-refractivity contribution < 1.29 is 9.47 Å². The molecule has 13 heavy (non-hydrogen) atoms. The van der Waals surface area contributed by atoms with Crippen LogP contribution in [0.3, 0.4) is 0 Å². The molecule has 0 unspecified atom stereocenters. The van der Waals surface area contributed by atoms with E-state index in [4.69, 9.17) is 21.1 Å². The minimum atomic E-state index is 0.457. The van der Waals surface area contributed by atoms with Crippen LogP contribution < -0.4 is 9.47 Å². The van der Waals surface area contributed by atoms with Crippen molar-refractivity contribution in [2.75, 3.05) is 14.2 Å². The Kier molecular flexibility index (Phi) is 3.88. The summed E-state index contributed by atoms with van der Waals surface area (Å²) in [6.45, 7) is 0. The zero-order valence-electron chi connectivity index (χ0n) is 7.43. The van der Waals surface area contributed by atoms with Crippen LogP contribution in [-0.4, -0.2) is 14.2 Å². The number of halogens is 2. The van der Waals surface area contributed by atoms with E-state index in [0.717, 1.165) is 10.0 Å². The zero-order chi connectivity index (χ0) is 9.84. The van der Waals surface area contributed by atoms with E-state index in [-0.39, 0.29) is 0 Å².